The number of benzene rings is 1. The zero-order valence-electron chi connectivity index (χ0n) is 14.9. The van der Waals surface area contributed by atoms with Gasteiger partial charge >= 0.3 is 0 Å². The number of rotatable bonds is 8. The molecule has 0 unspecified atom stereocenters. The van der Waals surface area contributed by atoms with Gasteiger partial charge in [0.15, 0.2) is 5.96 Å². The number of halogens is 1. The first-order valence-corrected chi connectivity index (χ1v) is 8.70. The minimum atomic E-state index is -0.269. The van der Waals surface area contributed by atoms with Gasteiger partial charge in [0, 0.05) is 25.7 Å². The Kier molecular flexibility index (Phi) is 6.40. The first-order valence-electron chi connectivity index (χ1n) is 8.70. The van der Waals surface area contributed by atoms with Gasteiger partial charge in [-0.05, 0) is 42.5 Å². The minimum absolute atomic E-state index is 0.269. The second-order valence-electron chi connectivity index (χ2n) is 5.82. The van der Waals surface area contributed by atoms with E-state index in [4.69, 9.17) is 4.42 Å². The SMILES string of the molecule is C=CCNC(=NCc1ccn(-c2ccc(F)cc2)n1)NCCc1ccco1. The van der Waals surface area contributed by atoms with E-state index >= 15 is 0 Å². The first-order chi connectivity index (χ1) is 13.2. The lowest BCUT2D eigenvalue weighted by molar-refractivity contribution is 0.507. The topological polar surface area (TPSA) is 67.4 Å². The van der Waals surface area contributed by atoms with Crippen molar-refractivity contribution in [3.8, 4) is 5.69 Å². The van der Waals surface area contributed by atoms with Gasteiger partial charge in [-0.2, -0.15) is 5.10 Å². The van der Waals surface area contributed by atoms with Crippen molar-refractivity contribution in [2.75, 3.05) is 13.1 Å². The molecule has 6 nitrogen and oxygen atoms in total. The average molecular weight is 367 g/mol. The van der Waals surface area contributed by atoms with E-state index < -0.39 is 0 Å². The van der Waals surface area contributed by atoms with Crippen molar-refractivity contribution in [3.63, 3.8) is 0 Å². The maximum Gasteiger partial charge on any atom is 0.191 e. The van der Waals surface area contributed by atoms with Crippen LogP contribution < -0.4 is 10.6 Å². The van der Waals surface area contributed by atoms with Gasteiger partial charge in [-0.15, -0.1) is 6.58 Å². The molecule has 3 aromatic rings. The van der Waals surface area contributed by atoms with Crippen molar-refractivity contribution in [1.29, 1.82) is 0 Å². The Hall–Kier alpha value is -3.35. The highest BCUT2D eigenvalue weighted by Crippen LogP contribution is 2.09. The summed E-state index contributed by atoms with van der Waals surface area (Å²) in [5, 5.41) is 10.9. The Morgan fingerprint density at radius 2 is 2.07 bits per heavy atom. The number of furan rings is 1. The fraction of sp³-hybridized carbons (Fsp3) is 0.200. The summed E-state index contributed by atoms with van der Waals surface area (Å²) in [6.45, 7) is 5.43. The fourth-order valence-corrected chi connectivity index (χ4v) is 2.45. The maximum atomic E-state index is 13.0. The monoisotopic (exact) mass is 367 g/mol. The molecular weight excluding hydrogens is 345 g/mol. The third kappa shape index (κ3) is 5.57. The second-order valence-corrected chi connectivity index (χ2v) is 5.82. The van der Waals surface area contributed by atoms with Crippen molar-refractivity contribution in [3.05, 3.63) is 84.9 Å². The summed E-state index contributed by atoms with van der Waals surface area (Å²) >= 11 is 0. The van der Waals surface area contributed by atoms with Crippen LogP contribution in [0.3, 0.4) is 0 Å². The molecule has 0 bridgehead atoms. The summed E-state index contributed by atoms with van der Waals surface area (Å²) in [5.41, 5.74) is 1.61. The minimum Gasteiger partial charge on any atom is -0.469 e. The quantitative estimate of drug-likeness (QED) is 0.365. The van der Waals surface area contributed by atoms with Crippen LogP contribution in [-0.2, 0) is 13.0 Å². The molecule has 1 aromatic carbocycles. The summed E-state index contributed by atoms with van der Waals surface area (Å²) in [7, 11) is 0. The zero-order chi connectivity index (χ0) is 18.9. The molecule has 2 heterocycles. The predicted molar refractivity (Wildman–Crippen MR) is 103 cm³/mol. The van der Waals surface area contributed by atoms with Crippen molar-refractivity contribution in [2.24, 2.45) is 4.99 Å². The van der Waals surface area contributed by atoms with Crippen LogP contribution in [0.25, 0.3) is 5.69 Å². The molecule has 0 amide bonds. The molecule has 140 valence electrons. The Morgan fingerprint density at radius 3 is 2.81 bits per heavy atom. The number of guanidine groups is 1. The lowest BCUT2D eigenvalue weighted by Crippen LogP contribution is -2.38. The molecule has 27 heavy (non-hydrogen) atoms. The summed E-state index contributed by atoms with van der Waals surface area (Å²) in [4.78, 5) is 4.55. The van der Waals surface area contributed by atoms with Crippen molar-refractivity contribution < 1.29 is 8.81 Å². The van der Waals surface area contributed by atoms with E-state index in [1.54, 1.807) is 29.2 Å². The second kappa shape index (κ2) is 9.38. The molecule has 2 aromatic heterocycles. The largest absolute Gasteiger partial charge is 0.469 e. The van der Waals surface area contributed by atoms with Crippen LogP contribution in [0.4, 0.5) is 4.39 Å². The first kappa shape index (κ1) is 18.4. The van der Waals surface area contributed by atoms with Gasteiger partial charge in [-0.3, -0.25) is 0 Å². The molecule has 0 saturated carbocycles. The van der Waals surface area contributed by atoms with Crippen LogP contribution in [0.5, 0.6) is 0 Å². The molecule has 0 aliphatic carbocycles. The van der Waals surface area contributed by atoms with Gasteiger partial charge in [0.2, 0.25) is 0 Å². The highest BCUT2D eigenvalue weighted by atomic mass is 19.1. The summed E-state index contributed by atoms with van der Waals surface area (Å²) in [6, 6.07) is 11.9. The van der Waals surface area contributed by atoms with Gasteiger partial charge in [-0.25, -0.2) is 14.1 Å². The van der Waals surface area contributed by atoms with Crippen LogP contribution in [0, 0.1) is 5.82 Å². The smallest absolute Gasteiger partial charge is 0.191 e. The molecule has 0 spiro atoms. The molecule has 0 radical (unpaired) electrons. The summed E-state index contributed by atoms with van der Waals surface area (Å²) < 4.78 is 20.1. The van der Waals surface area contributed by atoms with Crippen molar-refractivity contribution in [2.45, 2.75) is 13.0 Å². The van der Waals surface area contributed by atoms with E-state index in [-0.39, 0.29) is 5.82 Å². The Morgan fingerprint density at radius 1 is 1.22 bits per heavy atom. The van der Waals surface area contributed by atoms with Crippen LogP contribution in [0.1, 0.15) is 11.5 Å². The van der Waals surface area contributed by atoms with Crippen LogP contribution in [-0.4, -0.2) is 28.8 Å². The predicted octanol–water partition coefficient (Wildman–Crippen LogP) is 3.07. The third-order valence-electron chi connectivity index (χ3n) is 3.79. The van der Waals surface area contributed by atoms with Gasteiger partial charge in [0.05, 0.1) is 24.2 Å². The van der Waals surface area contributed by atoms with E-state index in [0.29, 0.717) is 25.6 Å². The van der Waals surface area contributed by atoms with Crippen LogP contribution in [0.15, 0.2) is 77.0 Å². The lowest BCUT2D eigenvalue weighted by atomic mass is 10.3. The molecule has 0 fully saturated rings. The fourth-order valence-electron chi connectivity index (χ4n) is 2.45. The maximum absolute atomic E-state index is 13.0. The van der Waals surface area contributed by atoms with E-state index in [1.165, 1.54) is 12.1 Å². The van der Waals surface area contributed by atoms with Gasteiger partial charge < -0.3 is 15.1 Å². The molecule has 2 N–H and O–H groups in total. The summed E-state index contributed by atoms with van der Waals surface area (Å²) in [6.07, 6.45) is 6.03. The Balaban J connectivity index is 1.59. The highest BCUT2D eigenvalue weighted by molar-refractivity contribution is 5.79. The van der Waals surface area contributed by atoms with E-state index in [1.807, 2.05) is 24.4 Å². The normalized spacial score (nSPS) is 11.4. The average Bonchev–Trinajstić information content (AvgIpc) is 3.36. The third-order valence-corrected chi connectivity index (χ3v) is 3.79. The number of hydrogen-bond donors (Lipinski definition) is 2. The molecule has 0 aliphatic heterocycles. The standard InChI is InChI=1S/C20H22FN5O/c1-2-11-22-20(23-12-9-19-4-3-14-27-19)24-15-17-10-13-26(25-17)18-7-5-16(21)6-8-18/h2-8,10,13-14H,1,9,11-12,15H2,(H2,22,23,24). The lowest BCUT2D eigenvalue weighted by Gasteiger charge is -2.10. The van der Waals surface area contributed by atoms with Gasteiger partial charge in [-0.1, -0.05) is 6.08 Å². The zero-order valence-corrected chi connectivity index (χ0v) is 14.9. The molecule has 0 saturated heterocycles. The van der Waals surface area contributed by atoms with E-state index in [2.05, 4.69) is 27.3 Å². The van der Waals surface area contributed by atoms with E-state index in [0.717, 1.165) is 23.6 Å². The van der Waals surface area contributed by atoms with Gasteiger partial charge in [0.1, 0.15) is 11.6 Å². The molecule has 0 aliphatic rings. The Bertz CT molecular complexity index is 868. The van der Waals surface area contributed by atoms with Crippen molar-refractivity contribution >= 4 is 5.96 Å². The molecule has 3 rings (SSSR count). The van der Waals surface area contributed by atoms with Crippen LogP contribution >= 0.6 is 0 Å². The van der Waals surface area contributed by atoms with E-state index in [9.17, 15) is 4.39 Å². The van der Waals surface area contributed by atoms with Gasteiger partial charge in [0.25, 0.3) is 0 Å². The van der Waals surface area contributed by atoms with Crippen molar-refractivity contribution in [1.82, 2.24) is 20.4 Å². The number of aromatic nitrogens is 2. The number of hydrogen-bond acceptors (Lipinski definition) is 3. The number of nitrogens with zero attached hydrogens (tertiary/aromatic N) is 3. The van der Waals surface area contributed by atoms with Crippen LogP contribution in [0.2, 0.25) is 0 Å². The summed E-state index contributed by atoms with van der Waals surface area (Å²) in [5.74, 6) is 1.33. The molecule has 0 atom stereocenters. The Labute approximate surface area is 157 Å². The molecule has 7 heteroatoms. The molecular formula is C20H22FN5O. The highest BCUT2D eigenvalue weighted by Gasteiger charge is 2.03. The number of nitrogens with one attached hydrogen (secondary N) is 2. The number of aliphatic imine (C=N–C) groups is 1.